The first kappa shape index (κ1) is 6.49. The van der Waals surface area contributed by atoms with Crippen molar-refractivity contribution < 1.29 is 14.7 Å². The number of rotatable bonds is 2. The Morgan fingerprint density at radius 3 is 2.29 bits per heavy atom. The molecule has 3 nitrogen and oxygen atoms in total. The number of thiol groups is 1. The Balaban J connectivity index is 3.55. The quantitative estimate of drug-likeness (QED) is 0.295. The van der Waals surface area contributed by atoms with Gasteiger partial charge in [-0.1, -0.05) is 0 Å². The van der Waals surface area contributed by atoms with Crippen molar-refractivity contribution in [3.05, 3.63) is 0 Å². The molecule has 0 aromatic heterocycles. The summed E-state index contributed by atoms with van der Waals surface area (Å²) in [6, 6.07) is 0. The molecule has 4 heteroatoms. The van der Waals surface area contributed by atoms with Crippen molar-refractivity contribution in [3.8, 4) is 0 Å². The zero-order valence-corrected chi connectivity index (χ0v) is 4.26. The summed E-state index contributed by atoms with van der Waals surface area (Å²) >= 11 is 3.36. The first-order valence-electron chi connectivity index (χ1n) is 1.54. The van der Waals surface area contributed by atoms with Gasteiger partial charge in [-0.05, 0) is 0 Å². The van der Waals surface area contributed by atoms with Gasteiger partial charge in [-0.25, -0.2) is 0 Å². The van der Waals surface area contributed by atoms with Gasteiger partial charge in [0, 0.05) is 0 Å². The van der Waals surface area contributed by atoms with Crippen LogP contribution in [0.1, 0.15) is 0 Å². The smallest absolute Gasteiger partial charge is 0.323 e. The van der Waals surface area contributed by atoms with Crippen LogP contribution in [0.2, 0.25) is 0 Å². The van der Waals surface area contributed by atoms with Crippen molar-refractivity contribution in [2.24, 2.45) is 0 Å². The topological polar surface area (TPSA) is 54.4 Å². The normalized spacial score (nSPS) is 12.7. The molecule has 0 aliphatic heterocycles. The van der Waals surface area contributed by atoms with Crippen molar-refractivity contribution >= 4 is 24.9 Å². The van der Waals surface area contributed by atoms with Gasteiger partial charge >= 0.3 is 5.97 Å². The van der Waals surface area contributed by atoms with E-state index in [2.05, 4.69) is 12.6 Å². The number of hydrogen-bond donors (Lipinski definition) is 2. The second-order valence-corrected chi connectivity index (χ2v) is 1.48. The van der Waals surface area contributed by atoms with Crippen molar-refractivity contribution in [3.63, 3.8) is 0 Å². The summed E-state index contributed by atoms with van der Waals surface area (Å²) in [5.74, 6) is -1.21. The molecule has 0 aromatic rings. The molecule has 0 aliphatic carbocycles. The van der Waals surface area contributed by atoms with Gasteiger partial charge in [0.1, 0.15) is 6.29 Å². The average Bonchev–Trinajstić information content (AvgIpc) is 1.65. The van der Waals surface area contributed by atoms with Crippen LogP contribution in [0.4, 0.5) is 0 Å². The van der Waals surface area contributed by atoms with E-state index in [1.165, 1.54) is 0 Å². The minimum absolute atomic E-state index is 0.255. The van der Waals surface area contributed by atoms with Gasteiger partial charge in [-0.3, -0.25) is 4.79 Å². The summed E-state index contributed by atoms with van der Waals surface area (Å²) in [4.78, 5) is 19.1. The van der Waals surface area contributed by atoms with E-state index in [-0.39, 0.29) is 6.29 Å². The molecule has 0 spiro atoms. The molecule has 0 bridgehead atoms. The highest BCUT2D eigenvalue weighted by Gasteiger charge is 2.07. The molecule has 0 aromatic carbocycles. The minimum Gasteiger partial charge on any atom is -0.480 e. The molecule has 0 radical (unpaired) electrons. The van der Waals surface area contributed by atoms with E-state index >= 15 is 0 Å². The van der Waals surface area contributed by atoms with E-state index in [9.17, 15) is 9.59 Å². The van der Waals surface area contributed by atoms with Gasteiger partial charge < -0.3 is 9.90 Å². The van der Waals surface area contributed by atoms with Crippen LogP contribution in [0.3, 0.4) is 0 Å². The fourth-order valence-corrected chi connectivity index (χ4v) is 0.0582. The molecule has 0 heterocycles. The number of hydrogen-bond acceptors (Lipinski definition) is 3. The Morgan fingerprint density at radius 1 is 1.86 bits per heavy atom. The Bertz CT molecular complexity index is 90.2. The molecule has 7 heavy (non-hydrogen) atoms. The van der Waals surface area contributed by atoms with Gasteiger partial charge in [0.05, 0.1) is 0 Å². The van der Waals surface area contributed by atoms with Gasteiger partial charge in [0.25, 0.3) is 0 Å². The highest BCUT2D eigenvalue weighted by molar-refractivity contribution is 7.82. The van der Waals surface area contributed by atoms with Gasteiger partial charge in [0.2, 0.25) is 0 Å². The summed E-state index contributed by atoms with van der Waals surface area (Å²) < 4.78 is 0. The summed E-state index contributed by atoms with van der Waals surface area (Å²) in [6.45, 7) is 0. The van der Waals surface area contributed by atoms with Gasteiger partial charge in [-0.15, -0.1) is 0 Å². The highest BCUT2D eigenvalue weighted by Crippen LogP contribution is 1.86. The molecule has 0 saturated carbocycles. The number of carboxylic acid groups (broad SMARTS) is 1. The van der Waals surface area contributed by atoms with Gasteiger partial charge in [0.15, 0.2) is 5.25 Å². The van der Waals surface area contributed by atoms with Crippen LogP contribution in [-0.2, 0) is 9.59 Å². The van der Waals surface area contributed by atoms with E-state index < -0.39 is 11.2 Å². The number of carbonyl (C=O) groups is 2. The second-order valence-electron chi connectivity index (χ2n) is 0.919. The maximum atomic E-state index is 9.62. The van der Waals surface area contributed by atoms with Crippen molar-refractivity contribution in [1.82, 2.24) is 0 Å². The largest absolute Gasteiger partial charge is 0.480 e. The second kappa shape index (κ2) is 2.63. The maximum absolute atomic E-state index is 9.62. The van der Waals surface area contributed by atoms with Crippen LogP contribution < -0.4 is 0 Å². The molecule has 0 aliphatic rings. The third-order valence-electron chi connectivity index (χ3n) is 0.382. The molecule has 0 amide bonds. The van der Waals surface area contributed by atoms with Crippen LogP contribution >= 0.6 is 12.6 Å². The average molecular weight is 120 g/mol. The SMILES string of the molecule is O=CC(S)C(=O)O. The monoisotopic (exact) mass is 120 g/mol. The molecule has 1 atom stereocenters. The van der Waals surface area contributed by atoms with Crippen molar-refractivity contribution in [2.45, 2.75) is 5.25 Å². The highest BCUT2D eigenvalue weighted by atomic mass is 32.1. The molecule has 1 N–H and O–H groups in total. The molecule has 1 unspecified atom stereocenters. The van der Waals surface area contributed by atoms with E-state index in [0.717, 1.165) is 0 Å². The van der Waals surface area contributed by atoms with E-state index in [0.29, 0.717) is 0 Å². The zero-order chi connectivity index (χ0) is 5.86. The third-order valence-corrected chi connectivity index (χ3v) is 0.725. The first-order chi connectivity index (χ1) is 3.18. The van der Waals surface area contributed by atoms with E-state index in [4.69, 9.17) is 5.11 Å². The van der Waals surface area contributed by atoms with Crippen molar-refractivity contribution in [1.29, 1.82) is 0 Å². The summed E-state index contributed by atoms with van der Waals surface area (Å²) in [7, 11) is 0. The number of aliphatic carboxylic acids is 1. The summed E-state index contributed by atoms with van der Waals surface area (Å²) in [5.41, 5.74) is 0. The Labute approximate surface area is 45.7 Å². The Morgan fingerprint density at radius 2 is 2.29 bits per heavy atom. The molecule has 40 valence electrons. The van der Waals surface area contributed by atoms with Crippen LogP contribution in [0.25, 0.3) is 0 Å². The van der Waals surface area contributed by atoms with Crippen LogP contribution in [0.15, 0.2) is 0 Å². The molecular formula is C3H4O3S. The Hall–Kier alpha value is -0.510. The summed E-state index contributed by atoms with van der Waals surface area (Å²) in [6.07, 6.45) is 0.255. The lowest BCUT2D eigenvalue weighted by atomic mass is 10.5. The van der Waals surface area contributed by atoms with Crippen LogP contribution in [-0.4, -0.2) is 22.6 Å². The fourth-order valence-electron chi connectivity index (χ4n) is 0.0582. The van der Waals surface area contributed by atoms with E-state index in [1.807, 2.05) is 0 Å². The number of aldehydes is 1. The van der Waals surface area contributed by atoms with Crippen LogP contribution in [0.5, 0.6) is 0 Å². The third kappa shape index (κ3) is 2.22. The maximum Gasteiger partial charge on any atom is 0.323 e. The van der Waals surface area contributed by atoms with Crippen LogP contribution in [0, 0.1) is 0 Å². The lowest BCUT2D eigenvalue weighted by molar-refractivity contribution is -0.137. The standard InChI is InChI=1S/C3H4O3S/c4-1-2(7)3(5)6/h1-2,7H,(H,5,6). The summed E-state index contributed by atoms with van der Waals surface area (Å²) in [5, 5.41) is 6.71. The number of carboxylic acids is 1. The fraction of sp³-hybridized carbons (Fsp3) is 0.333. The minimum atomic E-state index is -1.21. The molecule has 0 fully saturated rings. The predicted molar refractivity (Wildman–Crippen MR) is 26.5 cm³/mol. The number of carbonyl (C=O) groups excluding carboxylic acids is 1. The lowest BCUT2D eigenvalue weighted by Gasteiger charge is -1.87. The molecule has 0 saturated heterocycles. The molecule has 0 rings (SSSR count). The predicted octanol–water partition coefficient (Wildman–Crippen LogP) is -0.432. The zero-order valence-electron chi connectivity index (χ0n) is 3.37. The Kier molecular flexibility index (Phi) is 2.44. The van der Waals surface area contributed by atoms with Crippen molar-refractivity contribution in [2.75, 3.05) is 0 Å². The lowest BCUT2D eigenvalue weighted by Crippen LogP contribution is -2.13. The molecular weight excluding hydrogens is 116 g/mol. The van der Waals surface area contributed by atoms with E-state index in [1.54, 1.807) is 0 Å². The first-order valence-corrected chi connectivity index (χ1v) is 2.06. The van der Waals surface area contributed by atoms with Gasteiger partial charge in [-0.2, -0.15) is 12.6 Å².